The second-order valence-corrected chi connectivity index (χ2v) is 5.75. The van der Waals surface area contributed by atoms with Gasteiger partial charge in [-0.05, 0) is 32.0 Å². The minimum Gasteiger partial charge on any atom is -0.368 e. The Morgan fingerprint density at radius 3 is 2.72 bits per heavy atom. The van der Waals surface area contributed by atoms with Gasteiger partial charge in [0.05, 0.1) is 0 Å². The zero-order valence-corrected chi connectivity index (χ0v) is 13.2. The number of aryl methyl sites for hydroxylation is 1. The Kier molecular flexibility index (Phi) is 4.68. The number of hydrogen-bond acceptors (Lipinski definition) is 2. The van der Waals surface area contributed by atoms with Crippen molar-refractivity contribution < 1.29 is 0 Å². The zero-order chi connectivity index (χ0) is 13.1. The number of benzene rings is 1. The fraction of sp³-hybridized carbons (Fsp3) is 0.600. The second-order valence-electron chi connectivity index (χ2n) is 5.19. The number of likely N-dealkylation sites (N-methyl/N-ethyl adjacent to an activating group) is 1. The molecule has 1 saturated heterocycles. The van der Waals surface area contributed by atoms with Crippen LogP contribution in [-0.2, 0) is 5.33 Å². The highest BCUT2D eigenvalue weighted by molar-refractivity contribution is 9.08. The Morgan fingerprint density at radius 2 is 2.11 bits per heavy atom. The second kappa shape index (κ2) is 6.07. The Balaban J connectivity index is 2.17. The lowest BCUT2D eigenvalue weighted by atomic mass is 10.1. The van der Waals surface area contributed by atoms with E-state index in [-0.39, 0.29) is 0 Å². The molecule has 0 spiro atoms. The maximum Gasteiger partial charge on any atom is 0.0408 e. The molecule has 2 nitrogen and oxygen atoms in total. The van der Waals surface area contributed by atoms with Crippen LogP contribution in [0.5, 0.6) is 0 Å². The minimum atomic E-state index is 0.647. The molecule has 3 heteroatoms. The van der Waals surface area contributed by atoms with Crippen LogP contribution in [0.2, 0.25) is 0 Å². The first-order valence-electron chi connectivity index (χ1n) is 6.80. The number of rotatable bonds is 3. The number of halogens is 1. The molecule has 100 valence electrons. The van der Waals surface area contributed by atoms with E-state index in [0.29, 0.717) is 6.04 Å². The molecule has 1 fully saturated rings. The summed E-state index contributed by atoms with van der Waals surface area (Å²) in [5.41, 5.74) is 4.15. The fourth-order valence-corrected chi connectivity index (χ4v) is 3.26. The molecule has 1 aromatic rings. The monoisotopic (exact) mass is 310 g/mol. The molecule has 1 aliphatic rings. The largest absolute Gasteiger partial charge is 0.368 e. The van der Waals surface area contributed by atoms with Crippen molar-refractivity contribution in [2.75, 3.05) is 31.1 Å². The molecule has 18 heavy (non-hydrogen) atoms. The maximum atomic E-state index is 3.61. The van der Waals surface area contributed by atoms with Gasteiger partial charge in [-0.25, -0.2) is 0 Å². The molecule has 1 unspecified atom stereocenters. The van der Waals surface area contributed by atoms with E-state index < -0.39 is 0 Å². The predicted octanol–water partition coefficient (Wildman–Crippen LogP) is 3.42. The van der Waals surface area contributed by atoms with Gasteiger partial charge in [0.1, 0.15) is 0 Å². The maximum absolute atomic E-state index is 3.61. The van der Waals surface area contributed by atoms with E-state index in [4.69, 9.17) is 0 Å². The smallest absolute Gasteiger partial charge is 0.0408 e. The highest BCUT2D eigenvalue weighted by Gasteiger charge is 2.23. The van der Waals surface area contributed by atoms with Gasteiger partial charge < -0.3 is 4.90 Å². The van der Waals surface area contributed by atoms with Gasteiger partial charge in [-0.2, -0.15) is 0 Å². The summed E-state index contributed by atoms with van der Waals surface area (Å²) >= 11 is 3.61. The van der Waals surface area contributed by atoms with Crippen molar-refractivity contribution >= 4 is 21.6 Å². The molecule has 0 amide bonds. The summed E-state index contributed by atoms with van der Waals surface area (Å²) in [6.07, 6.45) is 0. The molecule has 0 bridgehead atoms. The number of hydrogen-bond donors (Lipinski definition) is 0. The lowest BCUT2D eigenvalue weighted by Crippen LogP contribution is -2.51. The molecule has 1 heterocycles. The van der Waals surface area contributed by atoms with Crippen molar-refractivity contribution in [1.29, 1.82) is 0 Å². The van der Waals surface area contributed by atoms with Crippen LogP contribution < -0.4 is 4.90 Å². The zero-order valence-electron chi connectivity index (χ0n) is 11.6. The number of alkyl halides is 1. The van der Waals surface area contributed by atoms with E-state index in [9.17, 15) is 0 Å². The molecular weight excluding hydrogens is 288 g/mol. The summed E-state index contributed by atoms with van der Waals surface area (Å²) in [7, 11) is 0. The molecule has 0 N–H and O–H groups in total. The van der Waals surface area contributed by atoms with Crippen molar-refractivity contribution in [3.05, 3.63) is 29.3 Å². The van der Waals surface area contributed by atoms with Gasteiger partial charge in [-0.1, -0.05) is 40.5 Å². The third kappa shape index (κ3) is 2.89. The van der Waals surface area contributed by atoms with Crippen LogP contribution in [0.3, 0.4) is 0 Å². The third-order valence-electron chi connectivity index (χ3n) is 3.89. The Morgan fingerprint density at radius 1 is 1.33 bits per heavy atom. The van der Waals surface area contributed by atoms with Crippen LogP contribution in [-0.4, -0.2) is 37.1 Å². The van der Waals surface area contributed by atoms with E-state index in [1.165, 1.54) is 23.4 Å². The van der Waals surface area contributed by atoms with Gasteiger partial charge in [0.15, 0.2) is 0 Å². The number of piperazine rings is 1. The molecule has 2 rings (SSSR count). The third-order valence-corrected chi connectivity index (χ3v) is 4.50. The summed E-state index contributed by atoms with van der Waals surface area (Å²) in [5.74, 6) is 0. The Labute approximate surface area is 119 Å². The first-order valence-corrected chi connectivity index (χ1v) is 7.92. The van der Waals surface area contributed by atoms with Gasteiger partial charge >= 0.3 is 0 Å². The molecule has 0 aliphatic carbocycles. The average molecular weight is 311 g/mol. The Bertz CT molecular complexity index is 405. The molecule has 0 saturated carbocycles. The minimum absolute atomic E-state index is 0.647. The van der Waals surface area contributed by atoms with Gasteiger partial charge in [0, 0.05) is 36.7 Å². The van der Waals surface area contributed by atoms with Crippen LogP contribution in [0, 0.1) is 6.92 Å². The van der Waals surface area contributed by atoms with Crippen molar-refractivity contribution in [3.8, 4) is 0 Å². The van der Waals surface area contributed by atoms with Crippen molar-refractivity contribution in [1.82, 2.24) is 4.90 Å². The average Bonchev–Trinajstić information content (AvgIpc) is 2.38. The number of anilines is 1. The van der Waals surface area contributed by atoms with E-state index in [1.54, 1.807) is 0 Å². The van der Waals surface area contributed by atoms with E-state index in [0.717, 1.165) is 25.0 Å². The first kappa shape index (κ1) is 13.9. The number of nitrogens with zero attached hydrogens (tertiary/aromatic N) is 2. The van der Waals surface area contributed by atoms with Gasteiger partial charge in [0.25, 0.3) is 0 Å². The van der Waals surface area contributed by atoms with Crippen molar-refractivity contribution in [2.45, 2.75) is 32.1 Å². The molecular formula is C15H23BrN2. The lowest BCUT2D eigenvalue weighted by molar-refractivity contribution is 0.199. The van der Waals surface area contributed by atoms with Gasteiger partial charge in [-0.3, -0.25) is 4.90 Å². The predicted molar refractivity (Wildman–Crippen MR) is 82.7 cm³/mol. The van der Waals surface area contributed by atoms with E-state index in [2.05, 4.69) is 64.7 Å². The van der Waals surface area contributed by atoms with Crippen molar-refractivity contribution in [2.24, 2.45) is 0 Å². The quantitative estimate of drug-likeness (QED) is 0.789. The van der Waals surface area contributed by atoms with E-state index >= 15 is 0 Å². The van der Waals surface area contributed by atoms with Crippen LogP contribution in [0.1, 0.15) is 25.0 Å². The van der Waals surface area contributed by atoms with Crippen LogP contribution in [0.15, 0.2) is 18.2 Å². The first-order chi connectivity index (χ1) is 8.65. The standard InChI is InChI=1S/C15H23BrN2/c1-4-17-7-8-18(11-13(17)3)15-6-5-12(2)9-14(15)10-16/h5-6,9,13H,4,7-8,10-11H2,1-3H3. The molecule has 1 aliphatic heterocycles. The highest BCUT2D eigenvalue weighted by Crippen LogP contribution is 2.26. The highest BCUT2D eigenvalue weighted by atomic mass is 79.9. The summed E-state index contributed by atoms with van der Waals surface area (Å²) in [5, 5.41) is 0.937. The fourth-order valence-electron chi connectivity index (χ4n) is 2.81. The summed E-state index contributed by atoms with van der Waals surface area (Å²) in [4.78, 5) is 5.09. The van der Waals surface area contributed by atoms with Crippen LogP contribution >= 0.6 is 15.9 Å². The molecule has 0 radical (unpaired) electrons. The topological polar surface area (TPSA) is 6.48 Å². The molecule has 0 aromatic heterocycles. The van der Waals surface area contributed by atoms with Crippen LogP contribution in [0.25, 0.3) is 0 Å². The summed E-state index contributed by atoms with van der Waals surface area (Å²) in [6, 6.07) is 7.44. The lowest BCUT2D eigenvalue weighted by Gasteiger charge is -2.41. The van der Waals surface area contributed by atoms with E-state index in [1.807, 2.05) is 0 Å². The SMILES string of the molecule is CCN1CCN(c2ccc(C)cc2CBr)CC1C. The summed E-state index contributed by atoms with van der Waals surface area (Å²) in [6.45, 7) is 11.4. The normalized spacial score (nSPS) is 21.3. The summed E-state index contributed by atoms with van der Waals surface area (Å²) < 4.78 is 0. The molecule has 1 aromatic carbocycles. The Hall–Kier alpha value is -0.540. The van der Waals surface area contributed by atoms with Crippen molar-refractivity contribution in [3.63, 3.8) is 0 Å². The van der Waals surface area contributed by atoms with Gasteiger partial charge in [-0.15, -0.1) is 0 Å². The van der Waals surface area contributed by atoms with Crippen LogP contribution in [0.4, 0.5) is 5.69 Å². The van der Waals surface area contributed by atoms with Gasteiger partial charge in [0.2, 0.25) is 0 Å². The molecule has 1 atom stereocenters.